The highest BCUT2D eigenvalue weighted by Gasteiger charge is 2.23. The molecular weight excluding hydrogens is 312 g/mol. The average Bonchev–Trinajstić information content (AvgIpc) is 2.37. The molecule has 0 atom stereocenters. The molecule has 0 saturated carbocycles. The third kappa shape index (κ3) is 5.74. The number of unbranched alkanes of at least 4 members (excludes halogenated alkanes) is 1. The van der Waals surface area contributed by atoms with Gasteiger partial charge in [-0.05, 0) is 24.5 Å². The van der Waals surface area contributed by atoms with E-state index in [-0.39, 0.29) is 16.3 Å². The molecule has 0 bridgehead atoms. The highest BCUT2D eigenvalue weighted by atomic mass is 32.2. The van der Waals surface area contributed by atoms with Crippen LogP contribution in [0.3, 0.4) is 0 Å². The van der Waals surface area contributed by atoms with Crippen LogP contribution < -0.4 is 9.86 Å². The molecule has 1 aromatic rings. The summed E-state index contributed by atoms with van der Waals surface area (Å²) in [7, 11) is -7.97. The van der Waals surface area contributed by atoms with Gasteiger partial charge in [0, 0.05) is 6.54 Å². The predicted octanol–water partition coefficient (Wildman–Crippen LogP) is 1.44. The molecule has 8 heteroatoms. The lowest BCUT2D eigenvalue weighted by Crippen LogP contribution is -2.27. The van der Waals surface area contributed by atoms with Crippen molar-refractivity contribution in [2.24, 2.45) is 11.1 Å². The fourth-order valence-electron chi connectivity index (χ4n) is 1.87. The largest absolute Gasteiger partial charge is 0.241 e. The minimum atomic E-state index is -4.08. The van der Waals surface area contributed by atoms with Gasteiger partial charge in [-0.15, -0.1) is 0 Å². The summed E-state index contributed by atoms with van der Waals surface area (Å²) in [4.78, 5) is -0.698. The Bertz CT molecular complexity index is 667. The van der Waals surface area contributed by atoms with Crippen LogP contribution in [0.2, 0.25) is 0 Å². The molecule has 1 rings (SSSR count). The summed E-state index contributed by atoms with van der Waals surface area (Å²) in [6.45, 7) is 4.48. The summed E-state index contributed by atoms with van der Waals surface area (Å²) in [5, 5.41) is 5.04. The maximum absolute atomic E-state index is 12.2. The number of hydrogen-bond donors (Lipinski definition) is 2. The Morgan fingerprint density at radius 1 is 1.05 bits per heavy atom. The fraction of sp³-hybridized carbons (Fsp3) is 0.538. The van der Waals surface area contributed by atoms with Gasteiger partial charge in [-0.2, -0.15) is 0 Å². The quantitative estimate of drug-likeness (QED) is 0.701. The van der Waals surface area contributed by atoms with Gasteiger partial charge >= 0.3 is 0 Å². The second kappa shape index (κ2) is 7.35. The van der Waals surface area contributed by atoms with E-state index in [0.29, 0.717) is 12.3 Å². The van der Waals surface area contributed by atoms with E-state index in [1.54, 1.807) is 0 Å². The third-order valence-corrected chi connectivity index (χ3v) is 5.56. The van der Waals surface area contributed by atoms with Crippen molar-refractivity contribution in [1.29, 1.82) is 0 Å². The van der Waals surface area contributed by atoms with Crippen LogP contribution in [0.1, 0.15) is 33.1 Å². The summed E-state index contributed by atoms with van der Waals surface area (Å²) < 4.78 is 49.6. The van der Waals surface area contributed by atoms with Gasteiger partial charge in [0.25, 0.3) is 0 Å². The maximum atomic E-state index is 12.2. The van der Waals surface area contributed by atoms with Gasteiger partial charge in [0.1, 0.15) is 9.79 Å². The molecule has 0 fully saturated rings. The zero-order valence-corrected chi connectivity index (χ0v) is 13.9. The molecule has 120 valence electrons. The normalized spacial score (nSPS) is 12.8. The van der Waals surface area contributed by atoms with Gasteiger partial charge in [-0.25, -0.2) is 26.7 Å². The minimum absolute atomic E-state index is 0.272. The molecule has 0 aliphatic carbocycles. The van der Waals surface area contributed by atoms with Crippen LogP contribution in [-0.4, -0.2) is 23.4 Å². The van der Waals surface area contributed by atoms with Gasteiger partial charge in [0.2, 0.25) is 20.0 Å². The number of rotatable bonds is 8. The molecule has 0 heterocycles. The van der Waals surface area contributed by atoms with E-state index >= 15 is 0 Å². The SMILES string of the molecule is CC(C)CCCCNS(=O)(=O)c1ccccc1S(N)(=O)=O. The van der Waals surface area contributed by atoms with E-state index in [1.165, 1.54) is 24.3 Å². The number of sulfonamides is 2. The number of hydrogen-bond acceptors (Lipinski definition) is 4. The second-order valence-corrected chi connectivity index (χ2v) is 8.54. The molecule has 1 aromatic carbocycles. The van der Waals surface area contributed by atoms with Crippen molar-refractivity contribution in [3.05, 3.63) is 24.3 Å². The number of nitrogens with one attached hydrogen (secondary N) is 1. The van der Waals surface area contributed by atoms with Crippen molar-refractivity contribution in [3.8, 4) is 0 Å². The Kier molecular flexibility index (Phi) is 6.33. The Morgan fingerprint density at radius 3 is 2.14 bits per heavy atom. The highest BCUT2D eigenvalue weighted by Crippen LogP contribution is 2.19. The second-order valence-electron chi connectivity index (χ2n) is 5.28. The van der Waals surface area contributed by atoms with Gasteiger partial charge in [-0.1, -0.05) is 38.8 Å². The van der Waals surface area contributed by atoms with E-state index in [9.17, 15) is 16.8 Å². The van der Waals surface area contributed by atoms with E-state index < -0.39 is 20.0 Å². The standard InChI is InChI=1S/C13H22N2O4S2/c1-11(2)7-5-6-10-15-21(18,19)13-9-4-3-8-12(13)20(14,16)17/h3-4,8-9,11,15H,5-7,10H2,1-2H3,(H2,14,16,17). The molecule has 0 unspecified atom stereocenters. The topological polar surface area (TPSA) is 106 Å². The molecular formula is C13H22N2O4S2. The van der Waals surface area contributed by atoms with Crippen LogP contribution in [0.5, 0.6) is 0 Å². The van der Waals surface area contributed by atoms with E-state index in [4.69, 9.17) is 5.14 Å². The van der Waals surface area contributed by atoms with Crippen molar-refractivity contribution in [2.75, 3.05) is 6.54 Å². The van der Waals surface area contributed by atoms with Crippen LogP contribution in [-0.2, 0) is 20.0 Å². The summed E-state index contributed by atoms with van der Waals surface area (Å²) in [5.74, 6) is 0.574. The summed E-state index contributed by atoms with van der Waals surface area (Å²) >= 11 is 0. The zero-order valence-electron chi connectivity index (χ0n) is 12.2. The monoisotopic (exact) mass is 334 g/mol. The van der Waals surface area contributed by atoms with Crippen molar-refractivity contribution in [1.82, 2.24) is 4.72 Å². The first-order valence-corrected chi connectivity index (χ1v) is 9.79. The van der Waals surface area contributed by atoms with E-state index in [1.807, 2.05) is 0 Å². The number of benzene rings is 1. The third-order valence-electron chi connectivity index (χ3n) is 2.95. The number of primary sulfonamides is 1. The Labute approximate surface area is 126 Å². The van der Waals surface area contributed by atoms with E-state index in [0.717, 1.165) is 12.8 Å². The van der Waals surface area contributed by atoms with Crippen LogP contribution in [0.25, 0.3) is 0 Å². The smallest absolute Gasteiger partial charge is 0.225 e. The Hall–Kier alpha value is -0.960. The Morgan fingerprint density at radius 2 is 1.62 bits per heavy atom. The lowest BCUT2D eigenvalue weighted by molar-refractivity contribution is 0.530. The fourth-order valence-corrected chi connectivity index (χ4v) is 4.32. The Balaban J connectivity index is 2.80. The molecule has 0 saturated heterocycles. The zero-order chi connectivity index (χ0) is 16.1. The highest BCUT2D eigenvalue weighted by molar-refractivity contribution is 7.92. The first-order valence-electron chi connectivity index (χ1n) is 6.76. The van der Waals surface area contributed by atoms with E-state index in [2.05, 4.69) is 18.6 Å². The van der Waals surface area contributed by atoms with Gasteiger partial charge in [0.15, 0.2) is 0 Å². The lowest BCUT2D eigenvalue weighted by Gasteiger charge is -2.10. The van der Waals surface area contributed by atoms with Gasteiger partial charge < -0.3 is 0 Å². The first-order chi connectivity index (χ1) is 9.64. The van der Waals surface area contributed by atoms with Crippen LogP contribution in [0.4, 0.5) is 0 Å². The molecule has 21 heavy (non-hydrogen) atoms. The molecule has 6 nitrogen and oxygen atoms in total. The van der Waals surface area contributed by atoms with Crippen LogP contribution >= 0.6 is 0 Å². The summed E-state index contributed by atoms with van der Waals surface area (Å²) in [5.41, 5.74) is 0. The maximum Gasteiger partial charge on any atom is 0.241 e. The molecule has 0 radical (unpaired) electrons. The molecule has 0 aliphatic heterocycles. The molecule has 0 spiro atoms. The van der Waals surface area contributed by atoms with Gasteiger partial charge in [-0.3, -0.25) is 0 Å². The van der Waals surface area contributed by atoms with Crippen LogP contribution in [0, 0.1) is 5.92 Å². The lowest BCUT2D eigenvalue weighted by atomic mass is 10.1. The molecule has 0 aromatic heterocycles. The minimum Gasteiger partial charge on any atom is -0.225 e. The summed E-state index contributed by atoms with van der Waals surface area (Å²) in [6.07, 6.45) is 2.64. The van der Waals surface area contributed by atoms with Crippen molar-refractivity contribution in [2.45, 2.75) is 42.9 Å². The van der Waals surface area contributed by atoms with Crippen LogP contribution in [0.15, 0.2) is 34.1 Å². The molecule has 0 aliphatic rings. The molecule has 3 N–H and O–H groups in total. The number of nitrogens with two attached hydrogens (primary N) is 1. The first kappa shape index (κ1) is 18.1. The average molecular weight is 334 g/mol. The van der Waals surface area contributed by atoms with Crippen molar-refractivity contribution < 1.29 is 16.8 Å². The van der Waals surface area contributed by atoms with Crippen molar-refractivity contribution >= 4 is 20.0 Å². The summed E-state index contributed by atoms with van der Waals surface area (Å²) in [6, 6.07) is 5.31. The molecule has 0 amide bonds. The van der Waals surface area contributed by atoms with Gasteiger partial charge in [0.05, 0.1) is 0 Å². The van der Waals surface area contributed by atoms with Crippen molar-refractivity contribution in [3.63, 3.8) is 0 Å². The predicted molar refractivity (Wildman–Crippen MR) is 81.7 cm³/mol.